The molecule has 0 atom stereocenters. The molecule has 0 aromatic heterocycles. The van der Waals surface area contributed by atoms with Crippen LogP contribution in [-0.2, 0) is 18.1 Å². The summed E-state index contributed by atoms with van der Waals surface area (Å²) in [6, 6.07) is 4.51. The molecule has 2 nitrogen and oxygen atoms in total. The van der Waals surface area contributed by atoms with Gasteiger partial charge in [0.05, 0.1) is 5.56 Å². The highest BCUT2D eigenvalue weighted by Crippen LogP contribution is 2.34. The Morgan fingerprint density at radius 3 is 1.95 bits per heavy atom. The average molecular weight is 314 g/mol. The lowest BCUT2D eigenvalue weighted by molar-refractivity contribution is -0.137. The smallest absolute Gasteiger partial charge is 0.304 e. The van der Waals surface area contributed by atoms with Gasteiger partial charge in [-0.25, -0.2) is 0 Å². The van der Waals surface area contributed by atoms with E-state index in [1.54, 1.807) is 0 Å². The molecule has 5 heteroatoms. The zero-order valence-corrected chi connectivity index (χ0v) is 13.8. The van der Waals surface area contributed by atoms with Crippen LogP contribution in [0.4, 0.5) is 13.2 Å². The molecule has 0 saturated carbocycles. The van der Waals surface area contributed by atoms with Crippen molar-refractivity contribution in [3.8, 4) is 0 Å². The molecule has 0 radical (unpaired) electrons. The lowest BCUT2D eigenvalue weighted by Crippen LogP contribution is -2.43. The molecule has 1 saturated heterocycles. The van der Waals surface area contributed by atoms with Crippen LogP contribution in [0.5, 0.6) is 0 Å². The van der Waals surface area contributed by atoms with E-state index in [0.717, 1.165) is 37.3 Å². The van der Waals surface area contributed by atoms with Crippen molar-refractivity contribution in [3.63, 3.8) is 0 Å². The summed E-state index contributed by atoms with van der Waals surface area (Å²) in [5.41, 5.74) is 0.665. The first-order valence-corrected chi connectivity index (χ1v) is 7.68. The minimum atomic E-state index is -4.29. The van der Waals surface area contributed by atoms with Gasteiger partial charge >= 0.3 is 6.18 Å². The van der Waals surface area contributed by atoms with Crippen LogP contribution in [0.3, 0.4) is 0 Å². The monoisotopic (exact) mass is 314 g/mol. The van der Waals surface area contributed by atoms with Crippen molar-refractivity contribution in [2.75, 3.05) is 33.2 Å². The second-order valence-corrected chi connectivity index (χ2v) is 7.25. The Kier molecular flexibility index (Phi) is 4.87. The van der Waals surface area contributed by atoms with Crippen LogP contribution < -0.4 is 0 Å². The van der Waals surface area contributed by atoms with Gasteiger partial charge < -0.3 is 4.90 Å². The van der Waals surface area contributed by atoms with Gasteiger partial charge in [0, 0.05) is 32.7 Å². The van der Waals surface area contributed by atoms with Crippen molar-refractivity contribution < 1.29 is 13.2 Å². The predicted octanol–water partition coefficient (Wildman–Crippen LogP) is 3.75. The Balaban J connectivity index is 2.26. The SMILES string of the molecule is CN1CCN(Cc2cc(C(C)(C)C)cc(C(F)(F)F)c2)CC1. The second-order valence-electron chi connectivity index (χ2n) is 7.25. The number of halogens is 3. The molecular weight excluding hydrogens is 289 g/mol. The zero-order valence-electron chi connectivity index (χ0n) is 13.8. The number of piperazine rings is 1. The summed E-state index contributed by atoms with van der Waals surface area (Å²) in [6.45, 7) is 10.2. The lowest BCUT2D eigenvalue weighted by Gasteiger charge is -2.32. The summed E-state index contributed by atoms with van der Waals surface area (Å²) in [5.74, 6) is 0. The number of alkyl halides is 3. The van der Waals surface area contributed by atoms with Gasteiger partial charge in [-0.2, -0.15) is 13.2 Å². The molecule has 0 spiro atoms. The van der Waals surface area contributed by atoms with Crippen molar-refractivity contribution in [1.82, 2.24) is 9.80 Å². The highest BCUT2D eigenvalue weighted by atomic mass is 19.4. The number of benzene rings is 1. The van der Waals surface area contributed by atoms with Crippen LogP contribution >= 0.6 is 0 Å². The Morgan fingerprint density at radius 2 is 1.45 bits per heavy atom. The van der Waals surface area contributed by atoms with Gasteiger partial charge in [-0.15, -0.1) is 0 Å². The normalized spacial score (nSPS) is 18.7. The van der Waals surface area contributed by atoms with Crippen LogP contribution in [-0.4, -0.2) is 43.0 Å². The molecule has 1 aliphatic heterocycles. The fourth-order valence-corrected chi connectivity index (χ4v) is 2.64. The average Bonchev–Trinajstić information content (AvgIpc) is 2.39. The fraction of sp³-hybridized carbons (Fsp3) is 0.647. The van der Waals surface area contributed by atoms with E-state index in [9.17, 15) is 13.2 Å². The Labute approximate surface area is 130 Å². The third kappa shape index (κ3) is 4.46. The molecule has 1 aliphatic rings. The first-order chi connectivity index (χ1) is 10.1. The van der Waals surface area contributed by atoms with Gasteiger partial charge in [0.25, 0.3) is 0 Å². The molecule has 22 heavy (non-hydrogen) atoms. The molecule has 0 amide bonds. The minimum Gasteiger partial charge on any atom is -0.304 e. The van der Waals surface area contributed by atoms with Crippen molar-refractivity contribution in [3.05, 3.63) is 34.9 Å². The van der Waals surface area contributed by atoms with Crippen LogP contribution in [0, 0.1) is 0 Å². The van der Waals surface area contributed by atoms with Crippen LogP contribution in [0.25, 0.3) is 0 Å². The van der Waals surface area contributed by atoms with E-state index in [4.69, 9.17) is 0 Å². The maximum Gasteiger partial charge on any atom is 0.416 e. The summed E-state index contributed by atoms with van der Waals surface area (Å²) in [7, 11) is 2.07. The number of nitrogens with zero attached hydrogens (tertiary/aromatic N) is 2. The third-order valence-corrected chi connectivity index (χ3v) is 4.19. The number of rotatable bonds is 2. The number of likely N-dealkylation sites (N-methyl/N-ethyl adjacent to an activating group) is 1. The van der Waals surface area contributed by atoms with Crippen molar-refractivity contribution in [2.45, 2.75) is 38.9 Å². The summed E-state index contributed by atoms with van der Waals surface area (Å²) < 4.78 is 39.4. The van der Waals surface area contributed by atoms with Gasteiger partial charge in [-0.1, -0.05) is 26.8 Å². The molecule has 0 unspecified atom stereocenters. The van der Waals surface area contributed by atoms with Gasteiger partial charge in [0.2, 0.25) is 0 Å². The molecule has 0 N–H and O–H groups in total. The summed E-state index contributed by atoms with van der Waals surface area (Å²) >= 11 is 0. The van der Waals surface area contributed by atoms with Crippen LogP contribution in [0.1, 0.15) is 37.5 Å². The summed E-state index contributed by atoms with van der Waals surface area (Å²) in [4.78, 5) is 4.46. The Morgan fingerprint density at radius 1 is 0.909 bits per heavy atom. The zero-order chi connectivity index (χ0) is 16.5. The van der Waals surface area contributed by atoms with Crippen molar-refractivity contribution in [1.29, 1.82) is 0 Å². The Bertz CT molecular complexity index is 477. The molecule has 1 aromatic rings. The molecule has 1 fully saturated rings. The van der Waals surface area contributed by atoms with Crippen LogP contribution in [0.2, 0.25) is 0 Å². The predicted molar refractivity (Wildman–Crippen MR) is 82.9 cm³/mol. The van der Waals surface area contributed by atoms with Gasteiger partial charge in [-0.3, -0.25) is 4.90 Å². The van der Waals surface area contributed by atoms with Crippen molar-refractivity contribution in [2.24, 2.45) is 0 Å². The standard InChI is InChI=1S/C17H25F3N2/c1-16(2,3)14-9-13(10-15(11-14)17(18,19)20)12-22-7-5-21(4)6-8-22/h9-11H,5-8,12H2,1-4H3. The van der Waals surface area contributed by atoms with E-state index in [-0.39, 0.29) is 5.41 Å². The highest BCUT2D eigenvalue weighted by Gasteiger charge is 2.32. The first-order valence-electron chi connectivity index (χ1n) is 7.68. The highest BCUT2D eigenvalue weighted by molar-refractivity contribution is 5.35. The van der Waals surface area contributed by atoms with Crippen molar-refractivity contribution >= 4 is 0 Å². The van der Waals surface area contributed by atoms with E-state index >= 15 is 0 Å². The molecule has 1 heterocycles. The Hall–Kier alpha value is -1.07. The number of hydrogen-bond donors (Lipinski definition) is 0. The van der Waals surface area contributed by atoms with Gasteiger partial charge in [0.1, 0.15) is 0 Å². The van der Waals surface area contributed by atoms with Crippen LogP contribution in [0.15, 0.2) is 18.2 Å². The molecule has 1 aromatic carbocycles. The second kappa shape index (κ2) is 6.20. The fourth-order valence-electron chi connectivity index (χ4n) is 2.64. The third-order valence-electron chi connectivity index (χ3n) is 4.19. The van der Waals surface area contributed by atoms with E-state index in [2.05, 4.69) is 16.8 Å². The van der Waals surface area contributed by atoms with Gasteiger partial charge in [0.15, 0.2) is 0 Å². The maximum atomic E-state index is 13.1. The number of hydrogen-bond acceptors (Lipinski definition) is 2. The molecular formula is C17H25F3N2. The molecule has 0 aliphatic carbocycles. The van der Waals surface area contributed by atoms with E-state index in [0.29, 0.717) is 6.54 Å². The van der Waals surface area contributed by atoms with E-state index < -0.39 is 11.7 Å². The van der Waals surface area contributed by atoms with Gasteiger partial charge in [-0.05, 0) is 35.7 Å². The molecule has 0 bridgehead atoms. The lowest BCUT2D eigenvalue weighted by atomic mass is 9.85. The largest absolute Gasteiger partial charge is 0.416 e. The topological polar surface area (TPSA) is 6.48 Å². The summed E-state index contributed by atoms with van der Waals surface area (Å²) in [6.07, 6.45) is -4.29. The minimum absolute atomic E-state index is 0.294. The molecule has 124 valence electrons. The first kappa shape index (κ1) is 17.3. The maximum absolute atomic E-state index is 13.1. The van der Waals surface area contributed by atoms with E-state index in [1.165, 1.54) is 12.1 Å². The summed E-state index contributed by atoms with van der Waals surface area (Å²) in [5, 5.41) is 0. The quantitative estimate of drug-likeness (QED) is 0.820. The van der Waals surface area contributed by atoms with E-state index in [1.807, 2.05) is 26.8 Å². The molecule has 2 rings (SSSR count).